The van der Waals surface area contributed by atoms with Crippen LogP contribution in [-0.4, -0.2) is 10.4 Å². The largest absolute Gasteiger partial charge is 0.507 e. The van der Waals surface area contributed by atoms with Gasteiger partial charge in [-0.2, -0.15) is 11.8 Å². The van der Waals surface area contributed by atoms with Crippen LogP contribution in [0.1, 0.15) is 90.3 Å². The summed E-state index contributed by atoms with van der Waals surface area (Å²) in [7, 11) is 0. The van der Waals surface area contributed by atoms with E-state index in [0.29, 0.717) is 5.75 Å². The monoisotopic (exact) mass is 334 g/mol. The lowest BCUT2D eigenvalue weighted by Crippen LogP contribution is -2.18. The second-order valence-electron chi connectivity index (χ2n) is 9.11. The Kier molecular flexibility index (Phi) is 5.76. The highest BCUT2D eigenvalue weighted by atomic mass is 32.2. The lowest BCUT2D eigenvalue weighted by molar-refractivity contribution is 0.423. The van der Waals surface area contributed by atoms with E-state index < -0.39 is 0 Å². The second-order valence-corrected chi connectivity index (χ2v) is 10.4. The van der Waals surface area contributed by atoms with Gasteiger partial charge in [0, 0.05) is 11.0 Å². The van der Waals surface area contributed by atoms with Crippen LogP contribution in [0.4, 0.5) is 0 Å². The topological polar surface area (TPSA) is 20.2 Å². The fourth-order valence-electron chi connectivity index (χ4n) is 3.37. The normalized spacial score (nSPS) is 17.5. The first-order valence-corrected chi connectivity index (χ1v) is 10.1. The van der Waals surface area contributed by atoms with E-state index in [1.165, 1.54) is 37.7 Å². The molecule has 0 saturated heterocycles. The van der Waals surface area contributed by atoms with Gasteiger partial charge < -0.3 is 5.11 Å². The van der Waals surface area contributed by atoms with Crippen LogP contribution in [0.3, 0.4) is 0 Å². The lowest BCUT2D eigenvalue weighted by Gasteiger charge is -2.28. The molecule has 1 aromatic rings. The molecule has 1 aliphatic rings. The van der Waals surface area contributed by atoms with Crippen molar-refractivity contribution in [2.45, 2.75) is 95.5 Å². The molecule has 130 valence electrons. The molecule has 1 saturated carbocycles. The maximum atomic E-state index is 10.8. The van der Waals surface area contributed by atoms with Crippen molar-refractivity contribution in [3.8, 4) is 5.75 Å². The van der Waals surface area contributed by atoms with E-state index in [9.17, 15) is 5.11 Å². The minimum atomic E-state index is -0.0321. The lowest BCUT2D eigenvalue weighted by atomic mass is 9.78. The first-order valence-electron chi connectivity index (χ1n) is 9.07. The molecule has 0 amide bonds. The van der Waals surface area contributed by atoms with E-state index in [4.69, 9.17) is 0 Å². The predicted octanol–water partition coefficient (Wildman–Crippen LogP) is 6.55. The van der Waals surface area contributed by atoms with E-state index in [1.807, 2.05) is 0 Å². The van der Waals surface area contributed by atoms with E-state index >= 15 is 0 Å². The van der Waals surface area contributed by atoms with Crippen LogP contribution in [0, 0.1) is 0 Å². The maximum absolute atomic E-state index is 10.8. The van der Waals surface area contributed by atoms with Gasteiger partial charge in [-0.1, -0.05) is 72.9 Å². The molecule has 0 unspecified atom stereocenters. The smallest absolute Gasteiger partial charge is 0.123 e. The fraction of sp³-hybridized carbons (Fsp3) is 0.714. The van der Waals surface area contributed by atoms with Crippen molar-refractivity contribution in [3.63, 3.8) is 0 Å². The summed E-state index contributed by atoms with van der Waals surface area (Å²) in [5, 5.41) is 11.6. The SMILES string of the molecule is CC(C)(C)c1cc(CSC2CCCCC2)cc(C(C)(C)C)c1O. The molecule has 0 aliphatic heterocycles. The number of hydrogen-bond acceptors (Lipinski definition) is 2. The summed E-state index contributed by atoms with van der Waals surface area (Å²) in [5.74, 6) is 1.56. The molecule has 0 bridgehead atoms. The second kappa shape index (κ2) is 7.09. The molecule has 2 rings (SSSR count). The summed E-state index contributed by atoms with van der Waals surface area (Å²) < 4.78 is 0. The number of aromatic hydroxyl groups is 1. The van der Waals surface area contributed by atoms with E-state index in [0.717, 1.165) is 22.1 Å². The average molecular weight is 335 g/mol. The van der Waals surface area contributed by atoms with Crippen molar-refractivity contribution in [1.82, 2.24) is 0 Å². The van der Waals surface area contributed by atoms with Crippen LogP contribution in [0.5, 0.6) is 5.75 Å². The Balaban J connectivity index is 2.28. The first kappa shape index (κ1) is 18.7. The van der Waals surface area contributed by atoms with Crippen LogP contribution in [0.25, 0.3) is 0 Å². The third kappa shape index (κ3) is 4.92. The van der Waals surface area contributed by atoms with Gasteiger partial charge in [-0.15, -0.1) is 0 Å². The average Bonchev–Trinajstić information content (AvgIpc) is 2.44. The molecule has 1 N–H and O–H groups in total. The van der Waals surface area contributed by atoms with Gasteiger partial charge in [0.1, 0.15) is 5.75 Å². The number of thioether (sulfide) groups is 1. The third-order valence-corrected chi connectivity index (χ3v) is 6.27. The van der Waals surface area contributed by atoms with Gasteiger partial charge in [-0.3, -0.25) is 0 Å². The Morgan fingerprint density at radius 2 is 1.39 bits per heavy atom. The van der Waals surface area contributed by atoms with Crippen molar-refractivity contribution in [2.24, 2.45) is 0 Å². The maximum Gasteiger partial charge on any atom is 0.123 e. The quantitative estimate of drug-likeness (QED) is 0.676. The highest BCUT2D eigenvalue weighted by molar-refractivity contribution is 7.99. The zero-order valence-corrected chi connectivity index (χ0v) is 16.6. The molecule has 1 fully saturated rings. The van der Waals surface area contributed by atoms with Gasteiger partial charge in [0.15, 0.2) is 0 Å². The van der Waals surface area contributed by atoms with Crippen molar-refractivity contribution in [2.75, 3.05) is 0 Å². The number of benzene rings is 1. The Labute approximate surface area is 147 Å². The van der Waals surface area contributed by atoms with Crippen LogP contribution in [-0.2, 0) is 16.6 Å². The van der Waals surface area contributed by atoms with Crippen molar-refractivity contribution >= 4 is 11.8 Å². The molecule has 0 heterocycles. The summed E-state index contributed by atoms with van der Waals surface area (Å²) in [6.07, 6.45) is 6.96. The number of rotatable bonds is 3. The molecule has 2 heteroatoms. The number of hydrogen-bond donors (Lipinski definition) is 1. The Morgan fingerprint density at radius 1 is 0.913 bits per heavy atom. The molecule has 23 heavy (non-hydrogen) atoms. The summed E-state index contributed by atoms with van der Waals surface area (Å²) in [6.45, 7) is 13.1. The standard InChI is InChI=1S/C21H34OS/c1-20(2,3)17-12-15(13-18(19(17)22)21(4,5)6)14-23-16-10-8-7-9-11-16/h12-13,16,22H,7-11,14H2,1-6H3. The number of phenolic OH excluding ortho intramolecular Hbond substituents is 1. The van der Waals surface area contributed by atoms with Crippen molar-refractivity contribution < 1.29 is 5.11 Å². The highest BCUT2D eigenvalue weighted by Crippen LogP contribution is 2.41. The minimum absolute atomic E-state index is 0.0321. The van der Waals surface area contributed by atoms with Gasteiger partial charge in [0.2, 0.25) is 0 Å². The Bertz CT molecular complexity index is 493. The van der Waals surface area contributed by atoms with Crippen LogP contribution < -0.4 is 0 Å². The van der Waals surface area contributed by atoms with Crippen LogP contribution in [0.2, 0.25) is 0 Å². The molecule has 1 nitrogen and oxygen atoms in total. The summed E-state index contributed by atoms with van der Waals surface area (Å²) in [5.41, 5.74) is 3.48. The van der Waals surface area contributed by atoms with Gasteiger partial charge in [0.05, 0.1) is 0 Å². The molecule has 1 aromatic carbocycles. The molecular formula is C21H34OS. The molecular weight excluding hydrogens is 300 g/mol. The Hall–Kier alpha value is -0.630. The molecule has 0 aromatic heterocycles. The Morgan fingerprint density at radius 3 is 1.83 bits per heavy atom. The van der Waals surface area contributed by atoms with Gasteiger partial charge in [0.25, 0.3) is 0 Å². The minimum Gasteiger partial charge on any atom is -0.507 e. The highest BCUT2D eigenvalue weighted by Gasteiger charge is 2.26. The van der Waals surface area contributed by atoms with Crippen molar-refractivity contribution in [3.05, 3.63) is 28.8 Å². The summed E-state index contributed by atoms with van der Waals surface area (Å²) in [4.78, 5) is 0. The van der Waals surface area contributed by atoms with E-state index in [-0.39, 0.29) is 10.8 Å². The van der Waals surface area contributed by atoms with Gasteiger partial charge in [-0.05, 0) is 40.4 Å². The zero-order chi connectivity index (χ0) is 17.3. The summed E-state index contributed by atoms with van der Waals surface area (Å²) in [6, 6.07) is 4.47. The van der Waals surface area contributed by atoms with Gasteiger partial charge >= 0.3 is 0 Å². The van der Waals surface area contributed by atoms with Crippen molar-refractivity contribution in [1.29, 1.82) is 0 Å². The zero-order valence-electron chi connectivity index (χ0n) is 15.8. The molecule has 1 aliphatic carbocycles. The van der Waals surface area contributed by atoms with Crippen LogP contribution in [0.15, 0.2) is 12.1 Å². The fourth-order valence-corrected chi connectivity index (χ4v) is 4.63. The predicted molar refractivity (Wildman–Crippen MR) is 104 cm³/mol. The van der Waals surface area contributed by atoms with E-state index in [2.05, 4.69) is 65.4 Å². The molecule has 0 spiro atoms. The summed E-state index contributed by atoms with van der Waals surface area (Å²) >= 11 is 2.11. The number of phenols is 1. The molecule has 0 atom stereocenters. The van der Waals surface area contributed by atoms with Crippen LogP contribution >= 0.6 is 11.8 Å². The van der Waals surface area contributed by atoms with E-state index in [1.54, 1.807) is 0 Å². The first-order chi connectivity index (χ1) is 10.6. The third-order valence-electron chi connectivity index (χ3n) is 4.82. The van der Waals surface area contributed by atoms with Gasteiger partial charge in [-0.25, -0.2) is 0 Å². The molecule has 0 radical (unpaired) electrons.